The summed E-state index contributed by atoms with van der Waals surface area (Å²) >= 11 is 3.36. The zero-order chi connectivity index (χ0) is 21.3. The van der Waals surface area contributed by atoms with Gasteiger partial charge in [-0.2, -0.15) is 5.10 Å². The zero-order valence-corrected chi connectivity index (χ0v) is 17.2. The van der Waals surface area contributed by atoms with Crippen LogP contribution in [-0.4, -0.2) is 23.9 Å². The largest absolute Gasteiger partial charge is 0.329 e. The number of halogens is 1. The van der Waals surface area contributed by atoms with Gasteiger partial charge in [0.25, 0.3) is 5.91 Å². The van der Waals surface area contributed by atoms with E-state index in [0.717, 1.165) is 10.0 Å². The molecule has 3 amide bonds. The first kappa shape index (κ1) is 20.9. The number of nitrogens with one attached hydrogen (secondary N) is 3. The van der Waals surface area contributed by atoms with Crippen LogP contribution in [0.3, 0.4) is 0 Å². The van der Waals surface area contributed by atoms with Crippen molar-refractivity contribution < 1.29 is 14.4 Å². The fourth-order valence-electron chi connectivity index (χ4n) is 2.48. The Bertz CT molecular complexity index is 1100. The lowest BCUT2D eigenvalue weighted by Gasteiger charge is -2.11. The highest BCUT2D eigenvalue weighted by molar-refractivity contribution is 9.10. The van der Waals surface area contributed by atoms with Crippen molar-refractivity contribution in [2.24, 2.45) is 5.10 Å². The molecule has 0 aromatic heterocycles. The molecule has 8 heteroatoms. The van der Waals surface area contributed by atoms with Crippen LogP contribution in [0.5, 0.6) is 0 Å². The van der Waals surface area contributed by atoms with E-state index in [0.29, 0.717) is 5.69 Å². The first-order valence-corrected chi connectivity index (χ1v) is 9.68. The van der Waals surface area contributed by atoms with Crippen molar-refractivity contribution in [2.45, 2.75) is 0 Å². The molecule has 0 saturated carbocycles. The first-order chi connectivity index (χ1) is 14.5. The molecule has 0 fully saturated rings. The van der Waals surface area contributed by atoms with Gasteiger partial charge in [0, 0.05) is 15.7 Å². The monoisotopic (exact) mass is 464 g/mol. The number of amides is 3. The van der Waals surface area contributed by atoms with Gasteiger partial charge in [0.05, 0.1) is 17.5 Å². The lowest BCUT2D eigenvalue weighted by atomic mass is 10.1. The van der Waals surface area contributed by atoms with Crippen LogP contribution in [0.1, 0.15) is 15.9 Å². The van der Waals surface area contributed by atoms with Crippen LogP contribution in [0.4, 0.5) is 11.4 Å². The maximum absolute atomic E-state index is 12.6. The fraction of sp³-hybridized carbons (Fsp3) is 0. The molecule has 30 heavy (non-hydrogen) atoms. The molecule has 0 heterocycles. The number of benzene rings is 3. The molecule has 0 saturated heterocycles. The molecule has 0 radical (unpaired) electrons. The van der Waals surface area contributed by atoms with Gasteiger partial charge in [0.1, 0.15) is 0 Å². The molecule has 0 bridgehead atoms. The van der Waals surface area contributed by atoms with E-state index in [2.05, 4.69) is 37.1 Å². The molecule has 3 aromatic carbocycles. The highest BCUT2D eigenvalue weighted by Crippen LogP contribution is 2.17. The van der Waals surface area contributed by atoms with E-state index < -0.39 is 17.7 Å². The third-order valence-electron chi connectivity index (χ3n) is 3.93. The highest BCUT2D eigenvalue weighted by Gasteiger charge is 2.17. The minimum absolute atomic E-state index is 0.209. The van der Waals surface area contributed by atoms with Crippen molar-refractivity contribution in [3.8, 4) is 0 Å². The van der Waals surface area contributed by atoms with E-state index in [-0.39, 0.29) is 11.3 Å². The molecular weight excluding hydrogens is 448 g/mol. The molecule has 0 unspecified atom stereocenters. The van der Waals surface area contributed by atoms with E-state index in [1.54, 1.807) is 48.5 Å². The number of hydrogen-bond donors (Lipinski definition) is 3. The van der Waals surface area contributed by atoms with E-state index in [1.165, 1.54) is 12.3 Å². The van der Waals surface area contributed by atoms with Crippen LogP contribution < -0.4 is 16.1 Å². The van der Waals surface area contributed by atoms with Gasteiger partial charge in [-0.3, -0.25) is 14.4 Å². The van der Waals surface area contributed by atoms with E-state index in [4.69, 9.17) is 0 Å². The summed E-state index contributed by atoms with van der Waals surface area (Å²) in [7, 11) is 0. The molecule has 7 nitrogen and oxygen atoms in total. The van der Waals surface area contributed by atoms with Crippen LogP contribution in [-0.2, 0) is 9.59 Å². The number of hydrogen-bond acceptors (Lipinski definition) is 4. The molecule has 0 aliphatic heterocycles. The summed E-state index contributed by atoms with van der Waals surface area (Å²) in [5.41, 5.74) is 3.95. The number of carbonyl (C=O) groups excluding carboxylic acids is 3. The highest BCUT2D eigenvalue weighted by atomic mass is 79.9. The van der Waals surface area contributed by atoms with Crippen molar-refractivity contribution in [3.63, 3.8) is 0 Å². The van der Waals surface area contributed by atoms with Crippen LogP contribution in [0.15, 0.2) is 88.4 Å². The van der Waals surface area contributed by atoms with Crippen LogP contribution in [0.2, 0.25) is 0 Å². The normalized spacial score (nSPS) is 10.4. The SMILES string of the molecule is O=C(N/N=C\c1ccccc1Br)C(=O)Nc1ccccc1C(=O)Nc1ccccc1. The Morgan fingerprint density at radius 2 is 1.43 bits per heavy atom. The molecule has 3 rings (SSSR count). The lowest BCUT2D eigenvalue weighted by Crippen LogP contribution is -2.33. The lowest BCUT2D eigenvalue weighted by molar-refractivity contribution is -0.136. The summed E-state index contributed by atoms with van der Waals surface area (Å²) in [6, 6.07) is 22.6. The molecule has 3 aromatic rings. The minimum atomic E-state index is -0.962. The van der Waals surface area contributed by atoms with E-state index >= 15 is 0 Å². The number of para-hydroxylation sites is 2. The fourth-order valence-corrected chi connectivity index (χ4v) is 2.87. The second-order valence-corrected chi connectivity index (χ2v) is 6.89. The summed E-state index contributed by atoms with van der Waals surface area (Å²) < 4.78 is 0.797. The molecule has 0 aliphatic rings. The second kappa shape index (κ2) is 10.1. The van der Waals surface area contributed by atoms with Crippen LogP contribution in [0.25, 0.3) is 0 Å². The zero-order valence-electron chi connectivity index (χ0n) is 15.6. The Hall–Kier alpha value is -3.78. The topological polar surface area (TPSA) is 99.7 Å². The average Bonchev–Trinajstić information content (AvgIpc) is 2.76. The molecule has 3 N–H and O–H groups in total. The standard InChI is InChI=1S/C22H17BrN4O3/c23-18-12-6-4-8-15(18)14-24-27-22(30)21(29)26-19-13-7-5-11-17(19)20(28)25-16-9-2-1-3-10-16/h1-14H,(H,25,28)(H,26,29)(H,27,30)/b24-14-. The molecule has 0 atom stereocenters. The first-order valence-electron chi connectivity index (χ1n) is 8.89. The van der Waals surface area contributed by atoms with Crippen molar-refractivity contribution in [1.29, 1.82) is 0 Å². The van der Waals surface area contributed by atoms with Crippen molar-refractivity contribution in [2.75, 3.05) is 10.6 Å². The van der Waals surface area contributed by atoms with E-state index in [1.807, 2.05) is 24.3 Å². The number of hydrazone groups is 1. The van der Waals surface area contributed by atoms with Gasteiger partial charge in [0.2, 0.25) is 0 Å². The van der Waals surface area contributed by atoms with Gasteiger partial charge in [0.15, 0.2) is 0 Å². The number of rotatable bonds is 5. The Labute approximate surface area is 181 Å². The Morgan fingerprint density at radius 1 is 0.767 bits per heavy atom. The predicted molar refractivity (Wildman–Crippen MR) is 119 cm³/mol. The second-order valence-electron chi connectivity index (χ2n) is 6.04. The van der Waals surface area contributed by atoms with Gasteiger partial charge < -0.3 is 10.6 Å². The number of nitrogens with zero attached hydrogens (tertiary/aromatic N) is 1. The predicted octanol–water partition coefficient (Wildman–Crippen LogP) is 3.79. The van der Waals surface area contributed by atoms with Crippen molar-refractivity contribution in [3.05, 3.63) is 94.5 Å². The number of carbonyl (C=O) groups is 3. The van der Waals surface area contributed by atoms with Gasteiger partial charge >= 0.3 is 11.8 Å². The third-order valence-corrected chi connectivity index (χ3v) is 4.65. The third kappa shape index (κ3) is 5.62. The summed E-state index contributed by atoms with van der Waals surface area (Å²) in [4.78, 5) is 36.8. The summed E-state index contributed by atoms with van der Waals surface area (Å²) in [6.07, 6.45) is 1.41. The molecule has 0 spiro atoms. The molecule has 0 aliphatic carbocycles. The molecule has 150 valence electrons. The Balaban J connectivity index is 1.64. The minimum Gasteiger partial charge on any atom is -0.322 e. The van der Waals surface area contributed by atoms with Gasteiger partial charge in [-0.25, -0.2) is 5.43 Å². The van der Waals surface area contributed by atoms with Gasteiger partial charge in [-0.05, 0) is 30.3 Å². The van der Waals surface area contributed by atoms with E-state index in [9.17, 15) is 14.4 Å². The Kier molecular flexibility index (Phi) is 7.07. The smallest absolute Gasteiger partial charge is 0.322 e. The quantitative estimate of drug-likeness (QED) is 0.304. The molecular formula is C22H17BrN4O3. The Morgan fingerprint density at radius 3 is 2.20 bits per heavy atom. The maximum atomic E-state index is 12.6. The maximum Gasteiger partial charge on any atom is 0.329 e. The average molecular weight is 465 g/mol. The van der Waals surface area contributed by atoms with Crippen molar-refractivity contribution in [1.82, 2.24) is 5.43 Å². The summed E-state index contributed by atoms with van der Waals surface area (Å²) in [5.74, 6) is -2.32. The van der Waals surface area contributed by atoms with Crippen molar-refractivity contribution >= 4 is 51.2 Å². The summed E-state index contributed by atoms with van der Waals surface area (Å²) in [6.45, 7) is 0. The number of anilines is 2. The summed E-state index contributed by atoms with van der Waals surface area (Å²) in [5, 5.41) is 8.97. The van der Waals surface area contributed by atoms with Gasteiger partial charge in [-0.1, -0.05) is 64.5 Å². The van der Waals surface area contributed by atoms with Gasteiger partial charge in [-0.15, -0.1) is 0 Å². The van der Waals surface area contributed by atoms with Crippen LogP contribution >= 0.6 is 15.9 Å². The van der Waals surface area contributed by atoms with Crippen LogP contribution in [0, 0.1) is 0 Å².